The minimum absolute atomic E-state index is 0.113. The summed E-state index contributed by atoms with van der Waals surface area (Å²) in [5.41, 5.74) is 1.50. The molecule has 0 saturated heterocycles. The number of aromatic hydroxyl groups is 1. The number of amides is 1. The number of fused-ring (bicyclic) bond motifs is 1. The molecule has 0 spiro atoms. The van der Waals surface area contributed by atoms with E-state index in [2.05, 4.69) is 11.9 Å². The zero-order valence-electron chi connectivity index (χ0n) is 15.9. The highest BCUT2D eigenvalue weighted by molar-refractivity contribution is 7.98. The SMILES string of the molecule is C=C[C@H](C)[C@H](OC(=O)Nc1ccc(SC)cc1)c1ccc(O)c2ccccc12. The van der Waals surface area contributed by atoms with Gasteiger partial charge in [0.2, 0.25) is 0 Å². The molecule has 0 bridgehead atoms. The van der Waals surface area contributed by atoms with Crippen molar-refractivity contribution in [3.63, 3.8) is 0 Å². The quantitative estimate of drug-likeness (QED) is 0.377. The van der Waals surface area contributed by atoms with Crippen LogP contribution < -0.4 is 5.32 Å². The van der Waals surface area contributed by atoms with Gasteiger partial charge in [-0.3, -0.25) is 5.32 Å². The molecule has 5 heteroatoms. The van der Waals surface area contributed by atoms with Gasteiger partial charge in [0.15, 0.2) is 0 Å². The number of rotatable bonds is 6. The maximum Gasteiger partial charge on any atom is 0.412 e. The van der Waals surface area contributed by atoms with E-state index in [1.54, 1.807) is 30.0 Å². The van der Waals surface area contributed by atoms with Crippen LogP contribution in [0.2, 0.25) is 0 Å². The minimum atomic E-state index is -0.534. The third-order valence-electron chi connectivity index (χ3n) is 4.66. The van der Waals surface area contributed by atoms with Crippen molar-refractivity contribution in [3.05, 3.63) is 78.9 Å². The molecule has 2 N–H and O–H groups in total. The molecule has 0 radical (unpaired) electrons. The minimum Gasteiger partial charge on any atom is -0.507 e. The highest BCUT2D eigenvalue weighted by Crippen LogP contribution is 2.36. The van der Waals surface area contributed by atoms with Crippen LogP contribution in [0, 0.1) is 5.92 Å². The van der Waals surface area contributed by atoms with Gasteiger partial charge >= 0.3 is 6.09 Å². The van der Waals surface area contributed by atoms with Crippen molar-refractivity contribution in [2.45, 2.75) is 17.9 Å². The zero-order valence-corrected chi connectivity index (χ0v) is 16.7. The Morgan fingerprint density at radius 3 is 2.43 bits per heavy atom. The largest absolute Gasteiger partial charge is 0.507 e. The lowest BCUT2D eigenvalue weighted by Gasteiger charge is -2.24. The van der Waals surface area contributed by atoms with E-state index >= 15 is 0 Å². The first-order valence-corrected chi connectivity index (χ1v) is 10.2. The Bertz CT molecular complexity index is 985. The van der Waals surface area contributed by atoms with Crippen LogP contribution in [0.25, 0.3) is 10.8 Å². The molecule has 0 saturated carbocycles. The number of nitrogens with one attached hydrogen (secondary N) is 1. The van der Waals surface area contributed by atoms with Crippen LogP contribution in [0.1, 0.15) is 18.6 Å². The average Bonchev–Trinajstić information content (AvgIpc) is 2.73. The van der Waals surface area contributed by atoms with Gasteiger partial charge in [0, 0.05) is 27.5 Å². The van der Waals surface area contributed by atoms with Gasteiger partial charge in [-0.15, -0.1) is 18.3 Å². The summed E-state index contributed by atoms with van der Waals surface area (Å²) in [5, 5.41) is 14.5. The van der Waals surface area contributed by atoms with Crippen LogP contribution in [-0.2, 0) is 4.74 Å². The predicted octanol–water partition coefficient (Wildman–Crippen LogP) is 6.38. The molecular formula is C23H23NO3S. The normalized spacial score (nSPS) is 12.9. The van der Waals surface area contributed by atoms with Crippen LogP contribution >= 0.6 is 11.8 Å². The van der Waals surface area contributed by atoms with Gasteiger partial charge in [-0.2, -0.15) is 0 Å². The molecule has 0 aliphatic rings. The molecule has 3 aromatic rings. The standard InChI is InChI=1S/C23H23NO3S/c1-4-15(2)22(20-13-14-21(25)19-8-6-5-7-18(19)20)27-23(26)24-16-9-11-17(28-3)12-10-16/h4-15,22,25H,1H2,2-3H3,(H,24,26)/t15-,22-/m0/s1. The third kappa shape index (κ3) is 4.31. The molecule has 0 aliphatic heterocycles. The Hall–Kier alpha value is -2.92. The number of carbonyl (C=O) groups is 1. The first kappa shape index (κ1) is 19.8. The number of thioether (sulfide) groups is 1. The Morgan fingerprint density at radius 2 is 1.79 bits per heavy atom. The van der Waals surface area contributed by atoms with Crippen LogP contribution in [-0.4, -0.2) is 17.5 Å². The molecule has 0 unspecified atom stereocenters. The van der Waals surface area contributed by atoms with Gasteiger partial charge in [0.25, 0.3) is 0 Å². The summed E-state index contributed by atoms with van der Waals surface area (Å²) in [6, 6.07) is 18.5. The average molecular weight is 394 g/mol. The van der Waals surface area contributed by atoms with Crippen molar-refractivity contribution in [3.8, 4) is 5.75 Å². The third-order valence-corrected chi connectivity index (χ3v) is 5.40. The second kappa shape index (κ2) is 8.85. The fraction of sp³-hybridized carbons (Fsp3) is 0.174. The summed E-state index contributed by atoms with van der Waals surface area (Å²) in [7, 11) is 0. The molecule has 28 heavy (non-hydrogen) atoms. The number of carbonyl (C=O) groups excluding carboxylic acids is 1. The van der Waals surface area contributed by atoms with Crippen LogP contribution in [0.4, 0.5) is 10.5 Å². The Balaban J connectivity index is 1.88. The van der Waals surface area contributed by atoms with Crippen LogP contribution in [0.15, 0.2) is 78.2 Å². The van der Waals surface area contributed by atoms with Crippen molar-refractivity contribution in [2.24, 2.45) is 5.92 Å². The summed E-state index contributed by atoms with van der Waals surface area (Å²) in [6.07, 6.45) is 2.69. The van der Waals surface area contributed by atoms with Crippen molar-refractivity contribution in [2.75, 3.05) is 11.6 Å². The van der Waals surface area contributed by atoms with E-state index < -0.39 is 12.2 Å². The fourth-order valence-corrected chi connectivity index (χ4v) is 3.48. The summed E-state index contributed by atoms with van der Waals surface area (Å²) in [5.74, 6) is 0.0836. The van der Waals surface area contributed by atoms with Crippen molar-refractivity contribution in [1.82, 2.24) is 0 Å². The maximum atomic E-state index is 12.6. The smallest absolute Gasteiger partial charge is 0.412 e. The van der Waals surface area contributed by atoms with Crippen LogP contribution in [0.5, 0.6) is 5.75 Å². The summed E-state index contributed by atoms with van der Waals surface area (Å²) >= 11 is 1.64. The Labute approximate surface area is 169 Å². The van der Waals surface area contributed by atoms with Crippen molar-refractivity contribution >= 4 is 34.3 Å². The van der Waals surface area contributed by atoms with Gasteiger partial charge in [0.05, 0.1) is 0 Å². The molecule has 0 fully saturated rings. The van der Waals surface area contributed by atoms with Gasteiger partial charge < -0.3 is 9.84 Å². The highest BCUT2D eigenvalue weighted by atomic mass is 32.2. The van der Waals surface area contributed by atoms with Gasteiger partial charge in [0.1, 0.15) is 11.9 Å². The second-order valence-electron chi connectivity index (χ2n) is 6.49. The first-order chi connectivity index (χ1) is 13.5. The van der Waals surface area contributed by atoms with Gasteiger partial charge in [-0.1, -0.05) is 43.3 Å². The summed E-state index contributed by atoms with van der Waals surface area (Å²) in [6.45, 7) is 5.80. The maximum absolute atomic E-state index is 12.6. The van der Waals surface area contributed by atoms with E-state index in [1.807, 2.05) is 61.7 Å². The molecule has 4 nitrogen and oxygen atoms in total. The number of phenolic OH excluding ortho intramolecular Hbond substituents is 1. The van der Waals surface area contributed by atoms with E-state index in [0.29, 0.717) is 5.69 Å². The van der Waals surface area contributed by atoms with Gasteiger partial charge in [-0.05, 0) is 42.0 Å². The van der Waals surface area contributed by atoms with E-state index in [4.69, 9.17) is 4.74 Å². The Morgan fingerprint density at radius 1 is 1.11 bits per heavy atom. The molecule has 3 aromatic carbocycles. The summed E-state index contributed by atoms with van der Waals surface area (Å²) < 4.78 is 5.79. The molecule has 0 aliphatic carbocycles. The molecule has 1 amide bonds. The number of phenols is 1. The molecule has 144 valence electrons. The van der Waals surface area contributed by atoms with E-state index in [-0.39, 0.29) is 11.7 Å². The number of hydrogen-bond acceptors (Lipinski definition) is 4. The fourth-order valence-electron chi connectivity index (χ4n) is 3.07. The lowest BCUT2D eigenvalue weighted by Crippen LogP contribution is -2.21. The van der Waals surface area contributed by atoms with Crippen molar-refractivity contribution in [1.29, 1.82) is 0 Å². The van der Waals surface area contributed by atoms with Crippen molar-refractivity contribution < 1.29 is 14.6 Å². The molecule has 0 aromatic heterocycles. The summed E-state index contributed by atoms with van der Waals surface area (Å²) in [4.78, 5) is 13.7. The number of hydrogen-bond donors (Lipinski definition) is 2. The topological polar surface area (TPSA) is 58.6 Å². The van der Waals surface area contributed by atoms with Crippen LogP contribution in [0.3, 0.4) is 0 Å². The number of anilines is 1. The first-order valence-electron chi connectivity index (χ1n) is 8.98. The molecule has 2 atom stereocenters. The highest BCUT2D eigenvalue weighted by Gasteiger charge is 2.24. The van der Waals surface area contributed by atoms with Gasteiger partial charge in [-0.25, -0.2) is 4.79 Å². The number of ether oxygens (including phenoxy) is 1. The monoisotopic (exact) mass is 393 g/mol. The molecule has 0 heterocycles. The number of benzene rings is 3. The van der Waals surface area contributed by atoms with E-state index in [0.717, 1.165) is 21.2 Å². The zero-order chi connectivity index (χ0) is 20.1. The second-order valence-corrected chi connectivity index (χ2v) is 7.37. The van der Waals surface area contributed by atoms with E-state index in [9.17, 15) is 9.90 Å². The molecule has 3 rings (SSSR count). The lowest BCUT2D eigenvalue weighted by atomic mass is 9.92. The van der Waals surface area contributed by atoms with E-state index in [1.165, 1.54) is 0 Å². The predicted molar refractivity (Wildman–Crippen MR) is 116 cm³/mol. The molecular weight excluding hydrogens is 370 g/mol. The Kier molecular flexibility index (Phi) is 6.26. The lowest BCUT2D eigenvalue weighted by molar-refractivity contribution is 0.0906.